The average Bonchev–Trinajstić information content (AvgIpc) is 2.86. The van der Waals surface area contributed by atoms with Crippen LogP contribution in [0.3, 0.4) is 0 Å². The first-order valence-electron chi connectivity index (χ1n) is 5.85. The highest BCUT2D eigenvalue weighted by atomic mass is 19.1. The van der Waals surface area contributed by atoms with Crippen molar-refractivity contribution in [2.75, 3.05) is 0 Å². The van der Waals surface area contributed by atoms with E-state index in [9.17, 15) is 24.0 Å². The van der Waals surface area contributed by atoms with Gasteiger partial charge in [-0.3, -0.25) is 10.1 Å². The van der Waals surface area contributed by atoms with Gasteiger partial charge in [0.25, 0.3) is 0 Å². The molecule has 1 heterocycles. The van der Waals surface area contributed by atoms with Gasteiger partial charge in [-0.2, -0.15) is 4.39 Å². The maximum absolute atomic E-state index is 13.7. The number of furan rings is 1. The number of nitro groups is 1. The van der Waals surface area contributed by atoms with Gasteiger partial charge < -0.3 is 9.52 Å². The van der Waals surface area contributed by atoms with Crippen LogP contribution in [0.25, 0.3) is 11.3 Å². The third kappa shape index (κ3) is 2.53. The van der Waals surface area contributed by atoms with Crippen LogP contribution < -0.4 is 0 Å². The van der Waals surface area contributed by atoms with Gasteiger partial charge in [-0.25, -0.2) is 4.39 Å². The van der Waals surface area contributed by atoms with Crippen LogP contribution in [0, 0.1) is 21.7 Å². The molecule has 5 nitrogen and oxygen atoms in total. The third-order valence-corrected chi connectivity index (χ3v) is 2.84. The zero-order chi connectivity index (χ0) is 14.9. The highest BCUT2D eigenvalue weighted by molar-refractivity contribution is 5.62. The maximum Gasteiger partial charge on any atom is 0.305 e. The third-order valence-electron chi connectivity index (χ3n) is 2.84. The Morgan fingerprint density at radius 3 is 2.65 bits per heavy atom. The Bertz CT molecular complexity index is 654. The van der Waals surface area contributed by atoms with Crippen LogP contribution in [-0.4, -0.2) is 10.0 Å². The molecule has 0 aliphatic carbocycles. The molecule has 1 aromatic carbocycles. The van der Waals surface area contributed by atoms with Crippen molar-refractivity contribution in [2.45, 2.75) is 19.4 Å². The molecule has 0 spiro atoms. The molecule has 2 rings (SSSR count). The van der Waals surface area contributed by atoms with Gasteiger partial charge in [0, 0.05) is 12.1 Å². The fourth-order valence-corrected chi connectivity index (χ4v) is 1.74. The summed E-state index contributed by atoms with van der Waals surface area (Å²) in [5.41, 5.74) is -1.07. The fraction of sp³-hybridized carbons (Fsp3) is 0.231. The van der Waals surface area contributed by atoms with E-state index in [1.807, 2.05) is 0 Å². The predicted molar refractivity (Wildman–Crippen MR) is 66.0 cm³/mol. The molecule has 2 aromatic rings. The molecule has 106 valence electrons. The van der Waals surface area contributed by atoms with Crippen LogP contribution in [0.15, 0.2) is 28.7 Å². The zero-order valence-corrected chi connectivity index (χ0v) is 10.5. The van der Waals surface area contributed by atoms with Gasteiger partial charge in [-0.05, 0) is 18.6 Å². The lowest BCUT2D eigenvalue weighted by molar-refractivity contribution is -0.387. The molecule has 0 aliphatic heterocycles. The van der Waals surface area contributed by atoms with Crippen molar-refractivity contribution in [1.29, 1.82) is 0 Å². The summed E-state index contributed by atoms with van der Waals surface area (Å²) >= 11 is 0. The van der Waals surface area contributed by atoms with Crippen LogP contribution in [0.2, 0.25) is 0 Å². The SMILES string of the molecule is CCC(O)c1ccc(-c2cc([N+](=O)[O-])c(F)cc2F)o1. The largest absolute Gasteiger partial charge is 0.458 e. The number of nitro benzene ring substituents is 1. The van der Waals surface area contributed by atoms with E-state index in [1.54, 1.807) is 6.92 Å². The molecule has 0 bridgehead atoms. The molecule has 0 amide bonds. The second kappa shape index (κ2) is 5.38. The Morgan fingerprint density at radius 1 is 1.35 bits per heavy atom. The van der Waals surface area contributed by atoms with Crippen LogP contribution in [0.5, 0.6) is 0 Å². The van der Waals surface area contributed by atoms with Crippen LogP contribution >= 0.6 is 0 Å². The number of nitrogens with zero attached hydrogens (tertiary/aromatic N) is 1. The lowest BCUT2D eigenvalue weighted by Crippen LogP contribution is -1.95. The monoisotopic (exact) mass is 283 g/mol. The van der Waals surface area contributed by atoms with Crippen LogP contribution in [-0.2, 0) is 0 Å². The van der Waals surface area contributed by atoms with Crippen molar-refractivity contribution in [3.8, 4) is 11.3 Å². The van der Waals surface area contributed by atoms with Crippen LogP contribution in [0.1, 0.15) is 25.2 Å². The van der Waals surface area contributed by atoms with Crippen molar-refractivity contribution in [1.82, 2.24) is 0 Å². The first-order valence-corrected chi connectivity index (χ1v) is 5.85. The number of hydrogen-bond donors (Lipinski definition) is 1. The Kier molecular flexibility index (Phi) is 3.80. The van der Waals surface area contributed by atoms with Gasteiger partial charge in [0.05, 0.1) is 10.5 Å². The standard InChI is InChI=1S/C13H11F2NO4/c1-2-11(17)13-4-3-12(20-13)7-5-10(16(18)19)9(15)6-8(7)14/h3-6,11,17H,2H2,1H3. The molecule has 1 aromatic heterocycles. The van der Waals surface area contributed by atoms with E-state index in [4.69, 9.17) is 4.42 Å². The quantitative estimate of drug-likeness (QED) is 0.687. The fourth-order valence-electron chi connectivity index (χ4n) is 1.74. The second-order valence-electron chi connectivity index (χ2n) is 4.17. The van der Waals surface area contributed by atoms with Gasteiger partial charge in [0.15, 0.2) is 0 Å². The summed E-state index contributed by atoms with van der Waals surface area (Å²) in [5, 5.41) is 20.2. The Morgan fingerprint density at radius 2 is 2.05 bits per heavy atom. The van der Waals surface area contributed by atoms with E-state index in [2.05, 4.69) is 0 Å². The van der Waals surface area contributed by atoms with Gasteiger partial charge >= 0.3 is 5.69 Å². The van der Waals surface area contributed by atoms with Crippen molar-refractivity contribution < 1.29 is 23.2 Å². The van der Waals surface area contributed by atoms with Crippen molar-refractivity contribution in [2.24, 2.45) is 0 Å². The minimum atomic E-state index is -1.25. The van der Waals surface area contributed by atoms with E-state index in [-0.39, 0.29) is 17.1 Å². The molecule has 1 unspecified atom stereocenters. The molecule has 0 fully saturated rings. The van der Waals surface area contributed by atoms with Gasteiger partial charge in [-0.15, -0.1) is 0 Å². The lowest BCUT2D eigenvalue weighted by Gasteiger charge is -2.04. The number of aliphatic hydroxyl groups is 1. The predicted octanol–water partition coefficient (Wildman–Crippen LogP) is 3.58. The smallest absolute Gasteiger partial charge is 0.305 e. The van der Waals surface area contributed by atoms with Crippen LogP contribution in [0.4, 0.5) is 14.5 Å². The number of rotatable bonds is 4. The maximum atomic E-state index is 13.7. The van der Waals surface area contributed by atoms with E-state index in [0.29, 0.717) is 12.5 Å². The molecular weight excluding hydrogens is 272 g/mol. The highest BCUT2D eigenvalue weighted by Gasteiger charge is 2.21. The summed E-state index contributed by atoms with van der Waals surface area (Å²) in [4.78, 5) is 9.71. The van der Waals surface area contributed by atoms with E-state index >= 15 is 0 Å². The molecule has 1 N–H and O–H groups in total. The zero-order valence-electron chi connectivity index (χ0n) is 10.5. The molecule has 0 saturated carbocycles. The Labute approximate surface area is 112 Å². The molecule has 0 radical (unpaired) electrons. The van der Waals surface area contributed by atoms with E-state index in [1.165, 1.54) is 12.1 Å². The molecular formula is C13H11F2NO4. The molecule has 0 saturated heterocycles. The summed E-state index contributed by atoms with van der Waals surface area (Å²) < 4.78 is 32.2. The van der Waals surface area contributed by atoms with Crippen molar-refractivity contribution in [3.05, 3.63) is 51.8 Å². The molecule has 1 atom stereocenters. The normalized spacial score (nSPS) is 12.4. The average molecular weight is 283 g/mol. The van der Waals surface area contributed by atoms with Crippen molar-refractivity contribution >= 4 is 5.69 Å². The number of hydrogen-bond acceptors (Lipinski definition) is 4. The van der Waals surface area contributed by atoms with Gasteiger partial charge in [0.2, 0.25) is 5.82 Å². The number of aliphatic hydroxyl groups excluding tert-OH is 1. The summed E-state index contributed by atoms with van der Waals surface area (Å²) in [6, 6.07) is 4.02. The lowest BCUT2D eigenvalue weighted by atomic mass is 10.1. The minimum absolute atomic E-state index is 0.00639. The van der Waals surface area contributed by atoms with Crippen molar-refractivity contribution in [3.63, 3.8) is 0 Å². The summed E-state index contributed by atoms with van der Waals surface area (Å²) in [5.74, 6) is -2.02. The summed E-state index contributed by atoms with van der Waals surface area (Å²) in [7, 11) is 0. The Balaban J connectivity index is 2.49. The van der Waals surface area contributed by atoms with E-state index < -0.39 is 28.3 Å². The van der Waals surface area contributed by atoms with E-state index in [0.717, 1.165) is 6.07 Å². The minimum Gasteiger partial charge on any atom is -0.458 e. The second-order valence-corrected chi connectivity index (χ2v) is 4.17. The Hall–Kier alpha value is -2.28. The first kappa shape index (κ1) is 14.1. The topological polar surface area (TPSA) is 76.5 Å². The summed E-state index contributed by atoms with van der Waals surface area (Å²) in [6.07, 6.45) is -0.443. The highest BCUT2D eigenvalue weighted by Crippen LogP contribution is 2.32. The molecule has 7 heteroatoms. The summed E-state index contributed by atoms with van der Waals surface area (Å²) in [6.45, 7) is 1.73. The molecule has 20 heavy (non-hydrogen) atoms. The molecule has 0 aliphatic rings. The first-order chi connectivity index (χ1) is 9.43. The number of halogens is 2. The number of benzene rings is 1. The van der Waals surface area contributed by atoms with Gasteiger partial charge in [0.1, 0.15) is 23.4 Å². The van der Waals surface area contributed by atoms with Gasteiger partial charge in [-0.1, -0.05) is 6.92 Å².